The SMILES string of the molecule is Cc1ccc(N)cc1C(=O)NCc1cccnc1N1CCC(C(N)=O)CC1.Cl.Cl. The predicted molar refractivity (Wildman–Crippen MR) is 120 cm³/mol. The van der Waals surface area contributed by atoms with E-state index in [0.717, 1.165) is 42.9 Å². The summed E-state index contributed by atoms with van der Waals surface area (Å²) in [4.78, 5) is 30.5. The van der Waals surface area contributed by atoms with Crippen molar-refractivity contribution in [3.63, 3.8) is 0 Å². The van der Waals surface area contributed by atoms with E-state index >= 15 is 0 Å². The number of hydrogen-bond acceptors (Lipinski definition) is 5. The Kier molecular flexibility index (Phi) is 9.20. The van der Waals surface area contributed by atoms with Crippen molar-refractivity contribution < 1.29 is 9.59 Å². The minimum atomic E-state index is -0.235. The third kappa shape index (κ3) is 5.98. The highest BCUT2D eigenvalue weighted by molar-refractivity contribution is 5.96. The van der Waals surface area contributed by atoms with Crippen LogP contribution in [0.2, 0.25) is 0 Å². The van der Waals surface area contributed by atoms with Gasteiger partial charge in [-0.3, -0.25) is 9.59 Å². The van der Waals surface area contributed by atoms with Gasteiger partial charge in [-0.05, 0) is 43.5 Å². The maximum atomic E-state index is 12.5. The van der Waals surface area contributed by atoms with Gasteiger partial charge in [-0.2, -0.15) is 0 Å². The van der Waals surface area contributed by atoms with Gasteiger partial charge < -0.3 is 21.7 Å². The Labute approximate surface area is 183 Å². The van der Waals surface area contributed by atoms with Gasteiger partial charge in [0, 0.05) is 48.6 Å². The Morgan fingerprint density at radius 2 is 1.90 bits per heavy atom. The maximum absolute atomic E-state index is 12.5. The first-order valence-electron chi connectivity index (χ1n) is 9.08. The van der Waals surface area contributed by atoms with Gasteiger partial charge in [0.1, 0.15) is 5.82 Å². The van der Waals surface area contributed by atoms with Gasteiger partial charge in [0.25, 0.3) is 5.91 Å². The third-order valence-corrected chi connectivity index (χ3v) is 5.01. The van der Waals surface area contributed by atoms with Gasteiger partial charge in [0.15, 0.2) is 0 Å². The smallest absolute Gasteiger partial charge is 0.251 e. The summed E-state index contributed by atoms with van der Waals surface area (Å²) in [7, 11) is 0. The van der Waals surface area contributed by atoms with Crippen LogP contribution in [0.5, 0.6) is 0 Å². The molecule has 5 N–H and O–H groups in total. The molecule has 0 atom stereocenters. The summed E-state index contributed by atoms with van der Waals surface area (Å²) in [6.07, 6.45) is 3.18. The first kappa shape index (κ1) is 24.5. The molecule has 0 radical (unpaired) electrons. The molecule has 9 heteroatoms. The number of carbonyl (C=O) groups excluding carboxylic acids is 2. The molecular weight excluding hydrogens is 413 g/mol. The fourth-order valence-electron chi connectivity index (χ4n) is 3.38. The molecule has 1 fully saturated rings. The lowest BCUT2D eigenvalue weighted by molar-refractivity contribution is -0.122. The first-order valence-corrected chi connectivity index (χ1v) is 9.08. The molecular formula is C20H27Cl2N5O2. The number of nitrogen functional groups attached to an aromatic ring is 1. The van der Waals surface area contributed by atoms with E-state index in [4.69, 9.17) is 11.5 Å². The van der Waals surface area contributed by atoms with Crippen LogP contribution in [0, 0.1) is 12.8 Å². The molecule has 2 heterocycles. The molecule has 0 unspecified atom stereocenters. The molecule has 0 saturated carbocycles. The van der Waals surface area contributed by atoms with E-state index in [1.807, 2.05) is 25.1 Å². The van der Waals surface area contributed by atoms with Gasteiger partial charge in [-0.1, -0.05) is 12.1 Å². The lowest BCUT2D eigenvalue weighted by Gasteiger charge is -2.32. The fourth-order valence-corrected chi connectivity index (χ4v) is 3.38. The number of amides is 2. The Bertz CT molecular complexity index is 855. The Morgan fingerprint density at radius 1 is 1.21 bits per heavy atom. The molecule has 1 aromatic carbocycles. The van der Waals surface area contributed by atoms with Gasteiger partial charge in [-0.25, -0.2) is 4.98 Å². The molecule has 7 nitrogen and oxygen atoms in total. The van der Waals surface area contributed by atoms with Crippen LogP contribution in [0.1, 0.15) is 34.3 Å². The van der Waals surface area contributed by atoms with Crippen LogP contribution in [0.25, 0.3) is 0 Å². The number of aryl methyl sites for hydroxylation is 1. The number of piperidine rings is 1. The second-order valence-corrected chi connectivity index (χ2v) is 6.91. The Balaban J connectivity index is 0.00000210. The van der Waals surface area contributed by atoms with E-state index < -0.39 is 0 Å². The average Bonchev–Trinajstić information content (AvgIpc) is 2.68. The zero-order chi connectivity index (χ0) is 19.4. The number of carbonyl (C=O) groups is 2. The Morgan fingerprint density at radius 3 is 2.55 bits per heavy atom. The highest BCUT2D eigenvalue weighted by Gasteiger charge is 2.25. The monoisotopic (exact) mass is 439 g/mol. The highest BCUT2D eigenvalue weighted by atomic mass is 35.5. The molecule has 2 aromatic rings. The molecule has 158 valence electrons. The molecule has 0 spiro atoms. The van der Waals surface area contributed by atoms with Gasteiger partial charge in [-0.15, -0.1) is 24.8 Å². The van der Waals surface area contributed by atoms with Crippen LogP contribution in [-0.4, -0.2) is 29.9 Å². The van der Waals surface area contributed by atoms with Crippen molar-refractivity contribution in [2.45, 2.75) is 26.3 Å². The first-order chi connectivity index (χ1) is 13.0. The number of nitrogens with two attached hydrogens (primary N) is 2. The van der Waals surface area contributed by atoms with Crippen LogP contribution < -0.4 is 21.7 Å². The van der Waals surface area contributed by atoms with E-state index in [2.05, 4.69) is 15.2 Å². The lowest BCUT2D eigenvalue weighted by atomic mass is 9.96. The van der Waals surface area contributed by atoms with Crippen molar-refractivity contribution in [2.75, 3.05) is 23.7 Å². The van der Waals surface area contributed by atoms with E-state index in [9.17, 15) is 9.59 Å². The average molecular weight is 440 g/mol. The topological polar surface area (TPSA) is 114 Å². The van der Waals surface area contributed by atoms with Crippen LogP contribution in [0.15, 0.2) is 36.5 Å². The molecule has 1 aliphatic rings. The van der Waals surface area contributed by atoms with Crippen molar-refractivity contribution in [1.29, 1.82) is 0 Å². The van der Waals surface area contributed by atoms with Gasteiger partial charge in [0.2, 0.25) is 5.91 Å². The molecule has 2 amide bonds. The van der Waals surface area contributed by atoms with E-state index in [-0.39, 0.29) is 42.5 Å². The predicted octanol–water partition coefficient (Wildman–Crippen LogP) is 2.45. The molecule has 29 heavy (non-hydrogen) atoms. The normalized spacial score (nSPS) is 13.8. The summed E-state index contributed by atoms with van der Waals surface area (Å²) >= 11 is 0. The standard InChI is InChI=1S/C20H25N5O2.2ClH/c1-13-4-5-16(21)11-17(13)20(27)24-12-15-3-2-8-23-19(15)25-9-6-14(7-10-25)18(22)26;;/h2-5,8,11,14H,6-7,9-10,12,21H2,1H3,(H2,22,26)(H,24,27);2*1H. The van der Waals surface area contributed by atoms with Gasteiger partial charge >= 0.3 is 0 Å². The zero-order valence-corrected chi connectivity index (χ0v) is 17.9. The molecule has 1 aliphatic heterocycles. The van der Waals surface area contributed by atoms with Crippen LogP contribution in [0.4, 0.5) is 11.5 Å². The molecule has 1 saturated heterocycles. The fraction of sp³-hybridized carbons (Fsp3) is 0.350. The summed E-state index contributed by atoms with van der Waals surface area (Å²) in [6, 6.07) is 9.11. The van der Waals surface area contributed by atoms with Crippen molar-refractivity contribution in [1.82, 2.24) is 10.3 Å². The van der Waals surface area contributed by atoms with Crippen molar-refractivity contribution in [3.8, 4) is 0 Å². The van der Waals surface area contributed by atoms with E-state index in [1.54, 1.807) is 18.3 Å². The number of nitrogens with one attached hydrogen (secondary N) is 1. The summed E-state index contributed by atoms with van der Waals surface area (Å²) in [5.74, 6) is 0.368. The summed E-state index contributed by atoms with van der Waals surface area (Å²) in [5, 5.41) is 2.95. The number of aromatic nitrogens is 1. The van der Waals surface area contributed by atoms with Crippen molar-refractivity contribution in [3.05, 3.63) is 53.2 Å². The largest absolute Gasteiger partial charge is 0.399 e. The number of anilines is 2. The zero-order valence-electron chi connectivity index (χ0n) is 16.3. The molecule has 0 bridgehead atoms. The van der Waals surface area contributed by atoms with Gasteiger partial charge in [0.05, 0.1) is 0 Å². The molecule has 0 aliphatic carbocycles. The minimum Gasteiger partial charge on any atom is -0.399 e. The van der Waals surface area contributed by atoms with E-state index in [1.165, 1.54) is 0 Å². The van der Waals surface area contributed by atoms with Crippen molar-refractivity contribution in [2.24, 2.45) is 11.7 Å². The lowest BCUT2D eigenvalue weighted by Crippen LogP contribution is -2.39. The summed E-state index contributed by atoms with van der Waals surface area (Å²) in [6.45, 7) is 3.69. The number of pyridine rings is 1. The highest BCUT2D eigenvalue weighted by Crippen LogP contribution is 2.24. The number of halogens is 2. The quantitative estimate of drug-likeness (QED) is 0.618. The number of hydrogen-bond donors (Lipinski definition) is 3. The summed E-state index contributed by atoms with van der Waals surface area (Å²) < 4.78 is 0. The van der Waals surface area contributed by atoms with Crippen LogP contribution >= 0.6 is 24.8 Å². The second-order valence-electron chi connectivity index (χ2n) is 6.91. The Hall–Kier alpha value is -2.51. The molecule has 1 aromatic heterocycles. The minimum absolute atomic E-state index is 0. The van der Waals surface area contributed by atoms with Crippen LogP contribution in [0.3, 0.4) is 0 Å². The number of nitrogens with zero attached hydrogens (tertiary/aromatic N) is 2. The third-order valence-electron chi connectivity index (χ3n) is 5.01. The second kappa shape index (κ2) is 10.9. The number of benzene rings is 1. The summed E-state index contributed by atoms with van der Waals surface area (Å²) in [5.41, 5.74) is 14.2. The number of rotatable bonds is 5. The number of primary amides is 1. The molecule has 3 rings (SSSR count). The maximum Gasteiger partial charge on any atom is 0.251 e. The van der Waals surface area contributed by atoms with Crippen LogP contribution in [-0.2, 0) is 11.3 Å². The van der Waals surface area contributed by atoms with Crippen molar-refractivity contribution >= 4 is 48.1 Å². The van der Waals surface area contributed by atoms with E-state index in [0.29, 0.717) is 17.8 Å².